The summed E-state index contributed by atoms with van der Waals surface area (Å²) in [6.07, 6.45) is 3.64. The zero-order chi connectivity index (χ0) is 16.9. The lowest BCUT2D eigenvalue weighted by Crippen LogP contribution is -2.45. The molecular weight excluding hydrogens is 326 g/mol. The number of urea groups is 1. The van der Waals surface area contributed by atoms with Gasteiger partial charge in [-0.1, -0.05) is 41.9 Å². The molecule has 126 valence electrons. The molecule has 1 aliphatic rings. The lowest BCUT2D eigenvalue weighted by molar-refractivity contribution is 0.124. The van der Waals surface area contributed by atoms with Gasteiger partial charge in [-0.3, -0.25) is 0 Å². The molecule has 0 saturated heterocycles. The van der Waals surface area contributed by atoms with Crippen molar-refractivity contribution in [1.82, 2.24) is 9.88 Å². The van der Waals surface area contributed by atoms with Crippen LogP contribution in [0.3, 0.4) is 0 Å². The smallest absolute Gasteiger partial charge is 0.322 e. The van der Waals surface area contributed by atoms with Gasteiger partial charge in [0, 0.05) is 18.4 Å². The van der Waals surface area contributed by atoms with Gasteiger partial charge >= 0.3 is 6.03 Å². The van der Waals surface area contributed by atoms with Gasteiger partial charge in [-0.05, 0) is 36.5 Å². The Bertz CT molecular complexity index is 692. The maximum absolute atomic E-state index is 12.8. The topological polar surface area (TPSA) is 65.5 Å². The molecule has 1 aromatic heterocycles. The van der Waals surface area contributed by atoms with Crippen LogP contribution in [0.15, 0.2) is 48.7 Å². The third kappa shape index (κ3) is 4.24. The predicted molar refractivity (Wildman–Crippen MR) is 93.8 cm³/mol. The zero-order valence-electron chi connectivity index (χ0n) is 13.2. The molecule has 1 aliphatic carbocycles. The van der Waals surface area contributed by atoms with Crippen LogP contribution in [0, 0.1) is 5.92 Å². The number of aliphatic hydroxyl groups is 1. The monoisotopic (exact) mass is 345 g/mol. The number of carbonyl (C=O) groups excluding carboxylic acids is 1. The molecule has 1 atom stereocenters. The van der Waals surface area contributed by atoms with Gasteiger partial charge in [-0.2, -0.15) is 0 Å². The molecule has 2 N–H and O–H groups in total. The van der Waals surface area contributed by atoms with Crippen LogP contribution in [0.4, 0.5) is 10.5 Å². The number of hydrogen-bond acceptors (Lipinski definition) is 3. The first-order valence-electron chi connectivity index (χ1n) is 8.01. The molecule has 1 saturated carbocycles. The molecule has 1 aromatic carbocycles. The largest absolute Gasteiger partial charge is 0.394 e. The van der Waals surface area contributed by atoms with Gasteiger partial charge < -0.3 is 15.3 Å². The molecule has 6 heteroatoms. The van der Waals surface area contributed by atoms with E-state index < -0.39 is 0 Å². The van der Waals surface area contributed by atoms with E-state index in [2.05, 4.69) is 10.3 Å². The van der Waals surface area contributed by atoms with E-state index in [-0.39, 0.29) is 18.7 Å². The lowest BCUT2D eigenvalue weighted by Gasteiger charge is -2.31. The number of benzene rings is 1. The fraction of sp³-hybridized carbons (Fsp3) is 0.333. The Morgan fingerprint density at radius 3 is 2.71 bits per heavy atom. The molecule has 0 bridgehead atoms. The summed E-state index contributed by atoms with van der Waals surface area (Å²) in [5.74, 6) is 0.366. The lowest BCUT2D eigenvalue weighted by atomic mass is 10.1. The highest BCUT2D eigenvalue weighted by Crippen LogP contribution is 2.36. The van der Waals surface area contributed by atoms with Crippen molar-refractivity contribution >= 4 is 23.3 Å². The minimum Gasteiger partial charge on any atom is -0.394 e. The molecule has 2 amide bonds. The summed E-state index contributed by atoms with van der Waals surface area (Å²) in [6, 6.07) is 12.7. The molecule has 2 aromatic rings. The van der Waals surface area contributed by atoms with Crippen LogP contribution in [-0.4, -0.2) is 33.7 Å². The minimum absolute atomic E-state index is 0.0397. The zero-order valence-corrected chi connectivity index (χ0v) is 14.0. The molecule has 3 rings (SSSR count). The van der Waals surface area contributed by atoms with Crippen LogP contribution < -0.4 is 5.32 Å². The normalized spacial score (nSPS) is 14.9. The van der Waals surface area contributed by atoms with E-state index in [0.717, 1.165) is 18.4 Å². The first-order chi connectivity index (χ1) is 11.7. The Morgan fingerprint density at radius 2 is 2.08 bits per heavy atom. The van der Waals surface area contributed by atoms with Gasteiger partial charge in [0.1, 0.15) is 5.15 Å². The summed E-state index contributed by atoms with van der Waals surface area (Å²) in [6.45, 7) is 0.412. The molecule has 1 heterocycles. The summed E-state index contributed by atoms with van der Waals surface area (Å²) in [4.78, 5) is 18.4. The van der Waals surface area contributed by atoms with E-state index in [1.165, 1.54) is 0 Å². The number of halogens is 1. The second-order valence-corrected chi connectivity index (χ2v) is 6.39. The number of aromatic nitrogens is 1. The van der Waals surface area contributed by atoms with E-state index in [9.17, 15) is 9.90 Å². The number of pyridine rings is 1. The van der Waals surface area contributed by atoms with Crippen LogP contribution in [0.1, 0.15) is 18.4 Å². The Kier molecular flexibility index (Phi) is 5.33. The van der Waals surface area contributed by atoms with Crippen molar-refractivity contribution < 1.29 is 9.90 Å². The number of nitrogens with zero attached hydrogens (tertiary/aromatic N) is 2. The van der Waals surface area contributed by atoms with Crippen molar-refractivity contribution in [1.29, 1.82) is 0 Å². The minimum atomic E-state index is -0.243. The fourth-order valence-electron chi connectivity index (χ4n) is 2.78. The average molecular weight is 346 g/mol. The maximum atomic E-state index is 12.8. The Hall–Kier alpha value is -2.11. The van der Waals surface area contributed by atoms with Gasteiger partial charge in [-0.15, -0.1) is 0 Å². The number of carbonyl (C=O) groups is 1. The van der Waals surface area contributed by atoms with Crippen LogP contribution >= 0.6 is 11.6 Å². The Morgan fingerprint density at radius 1 is 1.33 bits per heavy atom. The van der Waals surface area contributed by atoms with Crippen molar-refractivity contribution in [2.45, 2.75) is 25.4 Å². The number of hydrogen-bond donors (Lipinski definition) is 2. The summed E-state index contributed by atoms with van der Waals surface area (Å²) in [5.41, 5.74) is 1.62. The van der Waals surface area contributed by atoms with Crippen LogP contribution in [0.25, 0.3) is 0 Å². The molecular formula is C18H20ClN3O2. The van der Waals surface area contributed by atoms with Gasteiger partial charge in [0.05, 0.1) is 12.6 Å². The van der Waals surface area contributed by atoms with Gasteiger partial charge in [-0.25, -0.2) is 9.78 Å². The van der Waals surface area contributed by atoms with Crippen molar-refractivity contribution in [2.75, 3.05) is 11.9 Å². The number of anilines is 1. The van der Waals surface area contributed by atoms with Crippen LogP contribution in [0.5, 0.6) is 0 Å². The van der Waals surface area contributed by atoms with E-state index in [4.69, 9.17) is 11.6 Å². The average Bonchev–Trinajstić information content (AvgIpc) is 3.40. The third-order valence-corrected chi connectivity index (χ3v) is 4.39. The molecule has 0 spiro atoms. The van der Waals surface area contributed by atoms with Crippen molar-refractivity contribution in [3.63, 3.8) is 0 Å². The SMILES string of the molecule is O=C(Nc1ccnc(Cl)c1)N(Cc1ccccc1)C(CO)C1CC1. The van der Waals surface area contributed by atoms with Crippen molar-refractivity contribution in [3.05, 3.63) is 59.4 Å². The number of rotatable bonds is 6. The molecule has 0 aliphatic heterocycles. The van der Waals surface area contributed by atoms with Gasteiger partial charge in [0.15, 0.2) is 0 Å². The number of aliphatic hydroxyl groups excluding tert-OH is 1. The number of nitrogens with one attached hydrogen (secondary N) is 1. The standard InChI is InChI=1S/C18H20ClN3O2/c19-17-10-15(8-9-20-17)21-18(24)22(16(12-23)14-6-7-14)11-13-4-2-1-3-5-13/h1-5,8-10,14,16,23H,6-7,11-12H2,(H,20,21,24). The molecule has 5 nitrogen and oxygen atoms in total. The molecule has 0 radical (unpaired) electrons. The second-order valence-electron chi connectivity index (χ2n) is 6.00. The quantitative estimate of drug-likeness (QED) is 0.787. The van der Waals surface area contributed by atoms with Crippen molar-refractivity contribution in [3.8, 4) is 0 Å². The van der Waals surface area contributed by atoms with E-state index in [0.29, 0.717) is 23.3 Å². The molecule has 1 fully saturated rings. The van der Waals surface area contributed by atoms with Crippen LogP contribution in [0.2, 0.25) is 5.15 Å². The molecule has 1 unspecified atom stereocenters. The van der Waals surface area contributed by atoms with Gasteiger partial charge in [0.2, 0.25) is 0 Å². The van der Waals surface area contributed by atoms with E-state index >= 15 is 0 Å². The highest BCUT2D eigenvalue weighted by molar-refractivity contribution is 6.29. The summed E-state index contributed by atoms with van der Waals surface area (Å²) < 4.78 is 0. The Balaban J connectivity index is 1.78. The summed E-state index contributed by atoms with van der Waals surface area (Å²) in [7, 11) is 0. The molecule has 24 heavy (non-hydrogen) atoms. The maximum Gasteiger partial charge on any atom is 0.322 e. The summed E-state index contributed by atoms with van der Waals surface area (Å²) >= 11 is 5.87. The fourth-order valence-corrected chi connectivity index (χ4v) is 2.95. The first-order valence-corrected chi connectivity index (χ1v) is 8.39. The summed E-state index contributed by atoms with van der Waals surface area (Å²) in [5, 5.41) is 13.0. The van der Waals surface area contributed by atoms with Crippen LogP contribution in [-0.2, 0) is 6.54 Å². The van der Waals surface area contributed by atoms with Gasteiger partial charge in [0.25, 0.3) is 0 Å². The Labute approximate surface area is 146 Å². The van der Waals surface area contributed by atoms with E-state index in [1.54, 1.807) is 23.2 Å². The van der Waals surface area contributed by atoms with E-state index in [1.807, 2.05) is 30.3 Å². The predicted octanol–water partition coefficient (Wildman–Crippen LogP) is 3.54. The van der Waals surface area contributed by atoms with Crippen molar-refractivity contribution in [2.24, 2.45) is 5.92 Å². The second kappa shape index (κ2) is 7.64. The number of amides is 2. The first kappa shape index (κ1) is 16.7. The third-order valence-electron chi connectivity index (χ3n) is 4.19. The highest BCUT2D eigenvalue weighted by Gasteiger charge is 2.37. The highest BCUT2D eigenvalue weighted by atomic mass is 35.5.